The van der Waals surface area contributed by atoms with Gasteiger partial charge in [0.25, 0.3) is 0 Å². The van der Waals surface area contributed by atoms with Gasteiger partial charge in [0.2, 0.25) is 5.91 Å². The molecule has 20 heavy (non-hydrogen) atoms. The molecule has 1 aliphatic carbocycles. The molecule has 110 valence electrons. The first kappa shape index (κ1) is 13.6. The van der Waals surface area contributed by atoms with E-state index in [0.717, 1.165) is 24.8 Å². The normalized spacial score (nSPS) is 37.4. The Labute approximate surface area is 117 Å². The first-order valence-electron chi connectivity index (χ1n) is 7.00. The van der Waals surface area contributed by atoms with Crippen molar-refractivity contribution >= 4 is 11.9 Å². The Bertz CT molecular complexity index is 498. The summed E-state index contributed by atoms with van der Waals surface area (Å²) >= 11 is 0. The van der Waals surface area contributed by atoms with E-state index in [1.54, 1.807) is 14.0 Å². The standard InChI is InChI=1S/C14H19NO5/c1-6(16)9-11-7-4-3-5-8(20-2)10(7)12(14(18)19)15(11)13(9)17/h6-9,11,16H,3-5H2,1-2H3,(H,18,19)/t6?,7-,8-,9?,11+/m0/s1. The number of nitrogens with zero attached hydrogens (tertiary/aromatic N) is 1. The zero-order valence-corrected chi connectivity index (χ0v) is 11.6. The highest BCUT2D eigenvalue weighted by molar-refractivity contribution is 6.00. The van der Waals surface area contributed by atoms with Crippen molar-refractivity contribution in [2.45, 2.75) is 44.4 Å². The molecule has 0 aromatic rings. The third-order valence-corrected chi connectivity index (χ3v) is 4.85. The molecule has 1 saturated heterocycles. The second-order valence-electron chi connectivity index (χ2n) is 5.84. The lowest BCUT2D eigenvalue weighted by molar-refractivity contribution is -0.163. The SMILES string of the molecule is CO[C@H]1CCC[C@H]2C1=C(C(=O)O)N1C(=O)C(C(C)O)[C@@H]21. The topological polar surface area (TPSA) is 87.1 Å². The summed E-state index contributed by atoms with van der Waals surface area (Å²) < 4.78 is 5.42. The maximum absolute atomic E-state index is 12.2. The molecule has 3 rings (SSSR count). The Kier molecular flexibility index (Phi) is 3.10. The van der Waals surface area contributed by atoms with Crippen molar-refractivity contribution in [1.82, 2.24) is 4.90 Å². The summed E-state index contributed by atoms with van der Waals surface area (Å²) in [4.78, 5) is 25.1. The molecule has 5 atom stereocenters. The lowest BCUT2D eigenvalue weighted by Gasteiger charge is -2.47. The van der Waals surface area contributed by atoms with Crippen molar-refractivity contribution in [2.75, 3.05) is 7.11 Å². The molecule has 3 aliphatic rings. The molecule has 2 unspecified atom stereocenters. The van der Waals surface area contributed by atoms with Gasteiger partial charge in [-0.1, -0.05) is 0 Å². The Morgan fingerprint density at radius 3 is 2.70 bits per heavy atom. The van der Waals surface area contributed by atoms with Gasteiger partial charge in [0, 0.05) is 13.0 Å². The van der Waals surface area contributed by atoms with E-state index in [1.165, 1.54) is 4.90 Å². The van der Waals surface area contributed by atoms with E-state index in [2.05, 4.69) is 0 Å². The van der Waals surface area contributed by atoms with E-state index in [1.807, 2.05) is 0 Å². The molecular formula is C14H19NO5. The first-order valence-corrected chi connectivity index (χ1v) is 7.00. The van der Waals surface area contributed by atoms with Gasteiger partial charge in [-0.05, 0) is 31.8 Å². The number of hydrogen-bond acceptors (Lipinski definition) is 4. The Morgan fingerprint density at radius 1 is 1.45 bits per heavy atom. The van der Waals surface area contributed by atoms with Crippen LogP contribution in [-0.2, 0) is 14.3 Å². The number of aliphatic carboxylic acids is 1. The molecule has 1 saturated carbocycles. The minimum absolute atomic E-state index is 0.0112. The summed E-state index contributed by atoms with van der Waals surface area (Å²) in [5.74, 6) is -1.83. The summed E-state index contributed by atoms with van der Waals surface area (Å²) in [5, 5.41) is 19.2. The summed E-state index contributed by atoms with van der Waals surface area (Å²) in [6.07, 6.45) is 1.61. The molecule has 2 fully saturated rings. The van der Waals surface area contributed by atoms with Crippen LogP contribution in [0.25, 0.3) is 0 Å². The zero-order valence-electron chi connectivity index (χ0n) is 11.6. The van der Waals surface area contributed by atoms with Crippen molar-refractivity contribution in [3.63, 3.8) is 0 Å². The molecule has 0 radical (unpaired) electrons. The van der Waals surface area contributed by atoms with Crippen molar-refractivity contribution in [1.29, 1.82) is 0 Å². The highest BCUT2D eigenvalue weighted by Gasteiger charge is 2.62. The van der Waals surface area contributed by atoms with Gasteiger partial charge in [-0.25, -0.2) is 4.79 Å². The number of carbonyl (C=O) groups excluding carboxylic acids is 1. The number of aliphatic hydroxyl groups excluding tert-OH is 1. The number of rotatable bonds is 3. The van der Waals surface area contributed by atoms with Crippen LogP contribution < -0.4 is 0 Å². The van der Waals surface area contributed by atoms with Crippen LogP contribution in [0.4, 0.5) is 0 Å². The number of carboxylic acids is 1. The van der Waals surface area contributed by atoms with Gasteiger partial charge in [-0.15, -0.1) is 0 Å². The van der Waals surface area contributed by atoms with Crippen LogP contribution in [0.3, 0.4) is 0 Å². The largest absolute Gasteiger partial charge is 0.477 e. The predicted molar refractivity (Wildman–Crippen MR) is 68.6 cm³/mol. The Hall–Kier alpha value is -1.40. The van der Waals surface area contributed by atoms with Crippen molar-refractivity contribution < 1.29 is 24.5 Å². The monoisotopic (exact) mass is 281 g/mol. The van der Waals surface area contributed by atoms with E-state index in [9.17, 15) is 19.8 Å². The molecule has 2 N–H and O–H groups in total. The summed E-state index contributed by atoms with van der Waals surface area (Å²) in [7, 11) is 1.57. The van der Waals surface area contributed by atoms with Gasteiger partial charge in [0.05, 0.1) is 24.2 Å². The molecule has 6 nitrogen and oxygen atoms in total. The Morgan fingerprint density at radius 2 is 2.15 bits per heavy atom. The number of aliphatic hydroxyl groups is 1. The highest BCUT2D eigenvalue weighted by atomic mass is 16.5. The number of hydrogen-bond donors (Lipinski definition) is 2. The fourth-order valence-corrected chi connectivity index (χ4v) is 4.08. The number of β-lactam (4-membered cyclic amide) rings is 1. The van der Waals surface area contributed by atoms with Crippen molar-refractivity contribution in [2.24, 2.45) is 11.8 Å². The van der Waals surface area contributed by atoms with Gasteiger partial charge >= 0.3 is 5.97 Å². The van der Waals surface area contributed by atoms with E-state index in [0.29, 0.717) is 0 Å². The minimum atomic E-state index is -1.08. The molecule has 0 bridgehead atoms. The van der Waals surface area contributed by atoms with Crippen LogP contribution in [0, 0.1) is 11.8 Å². The van der Waals surface area contributed by atoms with E-state index in [4.69, 9.17) is 4.74 Å². The smallest absolute Gasteiger partial charge is 0.352 e. The van der Waals surface area contributed by atoms with Crippen molar-refractivity contribution in [3.05, 3.63) is 11.3 Å². The van der Waals surface area contributed by atoms with E-state index >= 15 is 0 Å². The van der Waals surface area contributed by atoms with Crippen LogP contribution in [0.15, 0.2) is 11.3 Å². The third kappa shape index (κ3) is 1.58. The first-order chi connectivity index (χ1) is 9.49. The second-order valence-corrected chi connectivity index (χ2v) is 5.84. The van der Waals surface area contributed by atoms with Crippen LogP contribution >= 0.6 is 0 Å². The van der Waals surface area contributed by atoms with Crippen molar-refractivity contribution in [3.8, 4) is 0 Å². The van der Waals surface area contributed by atoms with Crippen LogP contribution in [0.2, 0.25) is 0 Å². The van der Waals surface area contributed by atoms with Gasteiger partial charge < -0.3 is 19.8 Å². The summed E-state index contributed by atoms with van der Waals surface area (Å²) in [6.45, 7) is 1.59. The number of carboxylic acid groups (broad SMARTS) is 1. The van der Waals surface area contributed by atoms with Crippen LogP contribution in [0.5, 0.6) is 0 Å². The molecule has 6 heteroatoms. The summed E-state index contributed by atoms with van der Waals surface area (Å²) in [6, 6.07) is -0.207. The quantitative estimate of drug-likeness (QED) is 0.729. The van der Waals surface area contributed by atoms with Gasteiger partial charge in [-0.2, -0.15) is 0 Å². The maximum Gasteiger partial charge on any atom is 0.352 e. The van der Waals surface area contributed by atoms with Crippen LogP contribution in [-0.4, -0.2) is 52.3 Å². The summed E-state index contributed by atoms with van der Waals surface area (Å²) in [5.41, 5.74) is 0.834. The van der Waals surface area contributed by atoms with Gasteiger partial charge in [0.1, 0.15) is 5.70 Å². The number of ether oxygens (including phenoxy) is 1. The fraction of sp³-hybridized carbons (Fsp3) is 0.714. The average molecular weight is 281 g/mol. The molecule has 2 aliphatic heterocycles. The lowest BCUT2D eigenvalue weighted by atomic mass is 9.72. The molecular weight excluding hydrogens is 262 g/mol. The molecule has 2 heterocycles. The van der Waals surface area contributed by atoms with Gasteiger partial charge in [0.15, 0.2) is 0 Å². The fourth-order valence-electron chi connectivity index (χ4n) is 4.08. The number of fused-ring (bicyclic) bond motifs is 3. The zero-order chi connectivity index (χ0) is 14.6. The highest BCUT2D eigenvalue weighted by Crippen LogP contribution is 2.52. The van der Waals surface area contributed by atoms with E-state index < -0.39 is 18.0 Å². The molecule has 1 amide bonds. The maximum atomic E-state index is 12.2. The second kappa shape index (κ2) is 4.56. The Balaban J connectivity index is 2.04. The van der Waals surface area contributed by atoms with Crippen LogP contribution in [0.1, 0.15) is 26.2 Å². The average Bonchev–Trinajstić information content (AvgIpc) is 2.69. The number of carbonyl (C=O) groups is 2. The molecule has 0 aromatic carbocycles. The van der Waals surface area contributed by atoms with E-state index in [-0.39, 0.29) is 29.7 Å². The molecule has 0 spiro atoms. The van der Waals surface area contributed by atoms with Gasteiger partial charge in [-0.3, -0.25) is 4.79 Å². The lowest BCUT2D eigenvalue weighted by Crippen LogP contribution is -2.64. The molecule has 0 aromatic heterocycles. The third-order valence-electron chi connectivity index (χ3n) is 4.85. The number of methoxy groups -OCH3 is 1. The number of amides is 1. The predicted octanol–water partition coefficient (Wildman–Crippen LogP) is 0.362. The minimum Gasteiger partial charge on any atom is -0.477 e.